The molecule has 0 atom stereocenters. The second-order valence-electron chi connectivity index (χ2n) is 4.85. The predicted molar refractivity (Wildman–Crippen MR) is 77.2 cm³/mol. The van der Waals surface area contributed by atoms with Crippen molar-refractivity contribution in [2.45, 2.75) is 33.6 Å². The van der Waals surface area contributed by atoms with E-state index in [1.165, 1.54) is 6.20 Å². The third kappa shape index (κ3) is 5.16. The monoisotopic (exact) mass is 265 g/mol. The summed E-state index contributed by atoms with van der Waals surface area (Å²) < 4.78 is 4.99. The summed E-state index contributed by atoms with van der Waals surface area (Å²) in [5, 5.41) is 3.17. The number of esters is 1. The molecule has 0 aromatic carbocycles. The molecule has 0 aliphatic heterocycles. The SMILES string of the molecule is CCOC(=O)c1cc(N)cnc1NCCCC(C)C. The maximum atomic E-state index is 11.8. The molecule has 106 valence electrons. The number of rotatable bonds is 7. The Balaban J connectivity index is 2.68. The maximum Gasteiger partial charge on any atom is 0.341 e. The number of ether oxygens (including phenoxy) is 1. The van der Waals surface area contributed by atoms with E-state index in [-0.39, 0.29) is 0 Å². The number of nitrogens with one attached hydrogen (secondary N) is 1. The zero-order chi connectivity index (χ0) is 14.3. The largest absolute Gasteiger partial charge is 0.462 e. The van der Waals surface area contributed by atoms with Crippen LogP contribution < -0.4 is 11.1 Å². The fourth-order valence-electron chi connectivity index (χ4n) is 1.70. The number of hydrogen-bond donors (Lipinski definition) is 2. The van der Waals surface area contributed by atoms with Gasteiger partial charge in [-0.15, -0.1) is 0 Å². The molecule has 0 bridgehead atoms. The number of carbonyl (C=O) groups is 1. The number of nitrogens with zero attached hydrogens (tertiary/aromatic N) is 1. The highest BCUT2D eigenvalue weighted by atomic mass is 16.5. The molecule has 5 nitrogen and oxygen atoms in total. The fourth-order valence-corrected chi connectivity index (χ4v) is 1.70. The van der Waals surface area contributed by atoms with Gasteiger partial charge in [0.05, 0.1) is 18.5 Å². The summed E-state index contributed by atoms with van der Waals surface area (Å²) in [4.78, 5) is 16.0. The van der Waals surface area contributed by atoms with E-state index < -0.39 is 5.97 Å². The van der Waals surface area contributed by atoms with E-state index in [2.05, 4.69) is 24.1 Å². The van der Waals surface area contributed by atoms with Crippen LogP contribution in [0.2, 0.25) is 0 Å². The van der Waals surface area contributed by atoms with E-state index in [0.29, 0.717) is 29.6 Å². The summed E-state index contributed by atoms with van der Waals surface area (Å²) in [6.07, 6.45) is 3.70. The third-order valence-corrected chi connectivity index (χ3v) is 2.65. The van der Waals surface area contributed by atoms with E-state index >= 15 is 0 Å². The summed E-state index contributed by atoms with van der Waals surface area (Å²) in [7, 11) is 0. The van der Waals surface area contributed by atoms with Gasteiger partial charge in [-0.1, -0.05) is 13.8 Å². The molecular formula is C14H23N3O2. The lowest BCUT2D eigenvalue weighted by Crippen LogP contribution is -2.13. The van der Waals surface area contributed by atoms with Gasteiger partial charge in [0.25, 0.3) is 0 Å². The Morgan fingerprint density at radius 2 is 2.26 bits per heavy atom. The van der Waals surface area contributed by atoms with Gasteiger partial charge in [0, 0.05) is 6.54 Å². The zero-order valence-corrected chi connectivity index (χ0v) is 11.9. The van der Waals surface area contributed by atoms with Crippen molar-refractivity contribution in [2.24, 2.45) is 5.92 Å². The van der Waals surface area contributed by atoms with Crippen LogP contribution in [0, 0.1) is 5.92 Å². The Bertz CT molecular complexity index is 419. The second-order valence-corrected chi connectivity index (χ2v) is 4.85. The Labute approximate surface area is 114 Å². The lowest BCUT2D eigenvalue weighted by molar-refractivity contribution is 0.0527. The Kier molecular flexibility index (Phi) is 6.12. The molecule has 1 aromatic heterocycles. The number of carbonyl (C=O) groups excluding carboxylic acids is 1. The molecule has 0 saturated heterocycles. The zero-order valence-electron chi connectivity index (χ0n) is 11.9. The molecule has 0 aliphatic rings. The van der Waals surface area contributed by atoms with Gasteiger partial charge in [-0.25, -0.2) is 9.78 Å². The first-order valence-electron chi connectivity index (χ1n) is 6.71. The highest BCUT2D eigenvalue weighted by Crippen LogP contribution is 2.17. The number of anilines is 2. The molecule has 19 heavy (non-hydrogen) atoms. The fraction of sp³-hybridized carbons (Fsp3) is 0.571. The van der Waals surface area contributed by atoms with E-state index in [1.54, 1.807) is 13.0 Å². The highest BCUT2D eigenvalue weighted by molar-refractivity contribution is 5.95. The van der Waals surface area contributed by atoms with E-state index in [4.69, 9.17) is 10.5 Å². The van der Waals surface area contributed by atoms with Crippen molar-refractivity contribution in [3.05, 3.63) is 17.8 Å². The average molecular weight is 265 g/mol. The summed E-state index contributed by atoms with van der Waals surface area (Å²) >= 11 is 0. The predicted octanol–water partition coefficient (Wildman–Crippen LogP) is 2.69. The molecule has 0 unspecified atom stereocenters. The molecule has 1 heterocycles. The molecule has 1 rings (SSSR count). The number of hydrogen-bond acceptors (Lipinski definition) is 5. The van der Waals surface area contributed by atoms with Gasteiger partial charge >= 0.3 is 5.97 Å². The van der Waals surface area contributed by atoms with Gasteiger partial charge in [-0.05, 0) is 31.7 Å². The van der Waals surface area contributed by atoms with Crippen LogP contribution in [0.1, 0.15) is 44.0 Å². The minimum Gasteiger partial charge on any atom is -0.462 e. The molecule has 0 saturated carbocycles. The van der Waals surface area contributed by atoms with Gasteiger partial charge in [0.1, 0.15) is 11.4 Å². The normalized spacial score (nSPS) is 10.5. The molecule has 0 spiro atoms. The van der Waals surface area contributed by atoms with Crippen LogP contribution in [0.25, 0.3) is 0 Å². The van der Waals surface area contributed by atoms with Crippen molar-refractivity contribution in [2.75, 3.05) is 24.2 Å². The van der Waals surface area contributed by atoms with Crippen molar-refractivity contribution < 1.29 is 9.53 Å². The Morgan fingerprint density at radius 1 is 1.53 bits per heavy atom. The molecule has 5 heteroatoms. The van der Waals surface area contributed by atoms with Gasteiger partial charge in [-0.2, -0.15) is 0 Å². The van der Waals surface area contributed by atoms with Crippen LogP contribution >= 0.6 is 0 Å². The van der Waals surface area contributed by atoms with Gasteiger partial charge < -0.3 is 15.8 Å². The average Bonchev–Trinajstić information content (AvgIpc) is 2.36. The van der Waals surface area contributed by atoms with Crippen LogP contribution in [-0.4, -0.2) is 24.1 Å². The standard InChI is InChI=1S/C14H23N3O2/c1-4-19-14(18)12-8-11(15)9-17-13(12)16-7-5-6-10(2)3/h8-10H,4-7,15H2,1-3H3,(H,16,17). The number of pyridine rings is 1. The minimum absolute atomic E-state index is 0.334. The van der Waals surface area contributed by atoms with Crippen molar-refractivity contribution >= 4 is 17.5 Å². The lowest BCUT2D eigenvalue weighted by atomic mass is 10.1. The van der Waals surface area contributed by atoms with Crippen molar-refractivity contribution in [3.63, 3.8) is 0 Å². The summed E-state index contributed by atoms with van der Waals surface area (Å²) in [6, 6.07) is 1.59. The molecule has 3 N–H and O–H groups in total. The van der Waals surface area contributed by atoms with Gasteiger partial charge in [0.2, 0.25) is 0 Å². The number of aromatic nitrogens is 1. The molecule has 0 fully saturated rings. The Morgan fingerprint density at radius 3 is 2.89 bits per heavy atom. The maximum absolute atomic E-state index is 11.8. The van der Waals surface area contributed by atoms with E-state index in [0.717, 1.165) is 19.4 Å². The molecular weight excluding hydrogens is 242 g/mol. The first kappa shape index (κ1) is 15.3. The first-order valence-corrected chi connectivity index (χ1v) is 6.71. The van der Waals surface area contributed by atoms with E-state index in [9.17, 15) is 4.79 Å². The Hall–Kier alpha value is -1.78. The quantitative estimate of drug-likeness (QED) is 0.585. The lowest BCUT2D eigenvalue weighted by Gasteiger charge is -2.11. The summed E-state index contributed by atoms with van der Waals surface area (Å²) in [6.45, 7) is 7.26. The second kappa shape index (κ2) is 7.61. The third-order valence-electron chi connectivity index (χ3n) is 2.65. The van der Waals surface area contributed by atoms with Gasteiger partial charge in [0.15, 0.2) is 0 Å². The van der Waals surface area contributed by atoms with Crippen LogP contribution in [0.5, 0.6) is 0 Å². The number of nitrogens with two attached hydrogens (primary N) is 1. The van der Waals surface area contributed by atoms with Crippen molar-refractivity contribution in [1.82, 2.24) is 4.98 Å². The van der Waals surface area contributed by atoms with Crippen LogP contribution in [0.15, 0.2) is 12.3 Å². The molecule has 0 aliphatic carbocycles. The summed E-state index contributed by atoms with van der Waals surface area (Å²) in [5.74, 6) is 0.816. The minimum atomic E-state index is -0.395. The van der Waals surface area contributed by atoms with Crippen LogP contribution in [0.4, 0.5) is 11.5 Å². The van der Waals surface area contributed by atoms with E-state index in [1.807, 2.05) is 0 Å². The van der Waals surface area contributed by atoms with Crippen LogP contribution in [-0.2, 0) is 4.74 Å². The first-order chi connectivity index (χ1) is 9.04. The highest BCUT2D eigenvalue weighted by Gasteiger charge is 2.14. The van der Waals surface area contributed by atoms with Crippen LogP contribution in [0.3, 0.4) is 0 Å². The van der Waals surface area contributed by atoms with Crippen molar-refractivity contribution in [3.8, 4) is 0 Å². The van der Waals surface area contributed by atoms with Crippen molar-refractivity contribution in [1.29, 1.82) is 0 Å². The van der Waals surface area contributed by atoms with Gasteiger partial charge in [-0.3, -0.25) is 0 Å². The molecule has 1 aromatic rings. The smallest absolute Gasteiger partial charge is 0.341 e. The topological polar surface area (TPSA) is 77.2 Å². The molecule has 0 radical (unpaired) electrons. The summed E-state index contributed by atoms with van der Waals surface area (Å²) in [5.41, 5.74) is 6.51. The number of nitrogen functional groups attached to an aromatic ring is 1. The molecule has 0 amide bonds.